The van der Waals surface area contributed by atoms with Crippen LogP contribution in [0.5, 0.6) is 0 Å². The van der Waals surface area contributed by atoms with Gasteiger partial charge in [-0.15, -0.1) is 0 Å². The number of nitrogens with one attached hydrogen (secondary N) is 1. The van der Waals surface area contributed by atoms with Crippen molar-refractivity contribution in [3.63, 3.8) is 0 Å². The second-order valence-corrected chi connectivity index (χ2v) is 7.68. The summed E-state index contributed by atoms with van der Waals surface area (Å²) in [5.41, 5.74) is 1.10. The van der Waals surface area contributed by atoms with Gasteiger partial charge in [0.2, 0.25) is 0 Å². The first-order chi connectivity index (χ1) is 13.5. The Morgan fingerprint density at radius 2 is 2.04 bits per heavy atom. The first-order valence-electron chi connectivity index (χ1n) is 9.11. The number of unbranched alkanes of at least 4 members (excludes halogenated alkanes) is 1. The summed E-state index contributed by atoms with van der Waals surface area (Å²) in [5, 5.41) is 0.503. The molecule has 0 saturated carbocycles. The van der Waals surface area contributed by atoms with Crippen LogP contribution in [0.25, 0.3) is 0 Å². The van der Waals surface area contributed by atoms with Crippen molar-refractivity contribution in [2.24, 2.45) is 10.9 Å². The van der Waals surface area contributed by atoms with Gasteiger partial charge in [-0.05, 0) is 31.0 Å². The fraction of sp³-hybridized carbons (Fsp3) is 0.400. The molecule has 1 aromatic carbocycles. The topological polar surface area (TPSA) is 84.4 Å². The number of aromatic nitrogens is 2. The number of benzene rings is 1. The second-order valence-electron chi connectivity index (χ2n) is 6.59. The quantitative estimate of drug-likeness (QED) is 0.343. The number of hydrogen-bond acceptors (Lipinski definition) is 6. The monoisotopic (exact) mass is 403 g/mol. The van der Waals surface area contributed by atoms with E-state index in [0.717, 1.165) is 18.6 Å². The Labute approximate surface area is 166 Å². The van der Waals surface area contributed by atoms with Crippen LogP contribution >= 0.6 is 11.8 Å². The minimum absolute atomic E-state index is 0.299. The Bertz CT molecular complexity index is 956. The molecule has 0 amide bonds. The van der Waals surface area contributed by atoms with Gasteiger partial charge in [0.05, 0.1) is 12.7 Å². The number of H-pyrrole nitrogens is 1. The smallest absolute Gasteiger partial charge is 0.315 e. The van der Waals surface area contributed by atoms with E-state index in [2.05, 4.69) is 21.9 Å². The van der Waals surface area contributed by atoms with Gasteiger partial charge in [-0.3, -0.25) is 9.59 Å². The van der Waals surface area contributed by atoms with Crippen LogP contribution in [0.4, 0.5) is 10.2 Å². The van der Waals surface area contributed by atoms with E-state index >= 15 is 0 Å². The highest BCUT2D eigenvalue weighted by molar-refractivity contribution is 7.99. The number of carbonyl (C=O) groups excluding carboxylic acids is 1. The third-order valence-electron chi connectivity index (χ3n) is 4.71. The lowest BCUT2D eigenvalue weighted by atomic mass is 9.77. The molecule has 148 valence electrons. The highest BCUT2D eigenvalue weighted by atomic mass is 32.2. The second kappa shape index (κ2) is 8.68. The van der Waals surface area contributed by atoms with Gasteiger partial charge in [0.25, 0.3) is 5.56 Å². The normalized spacial score (nSPS) is 18.4. The summed E-state index contributed by atoms with van der Waals surface area (Å²) in [4.78, 5) is 37.1. The summed E-state index contributed by atoms with van der Waals surface area (Å²) < 4.78 is 18.4. The van der Waals surface area contributed by atoms with Crippen LogP contribution in [0, 0.1) is 11.7 Å². The number of thioether (sulfide) groups is 1. The molecular formula is C20H22FN3O3S. The van der Waals surface area contributed by atoms with Crippen molar-refractivity contribution in [1.82, 2.24) is 9.97 Å². The fourth-order valence-corrected chi connectivity index (χ4v) is 4.25. The van der Waals surface area contributed by atoms with E-state index in [0.29, 0.717) is 27.8 Å². The number of rotatable bonds is 6. The molecule has 2 aromatic rings. The Balaban J connectivity index is 2.13. The standard InChI is InChI=1S/C20H22FN3O3S/c1-4-5-10-28-20-23-17-16(18(25)24-20)15(12-6-8-13(21)9-7-12)14(11(2)22-17)19(26)27-3/h6-9,14-15H,4-5,10H2,1-3H3,(H,23,24,25). The molecule has 0 bridgehead atoms. The molecule has 28 heavy (non-hydrogen) atoms. The Morgan fingerprint density at radius 1 is 1.32 bits per heavy atom. The summed E-state index contributed by atoms with van der Waals surface area (Å²) in [6.45, 7) is 3.81. The van der Waals surface area contributed by atoms with E-state index in [-0.39, 0.29) is 5.56 Å². The van der Waals surface area contributed by atoms with Crippen molar-refractivity contribution in [1.29, 1.82) is 0 Å². The van der Waals surface area contributed by atoms with E-state index in [1.165, 1.54) is 31.0 Å². The van der Waals surface area contributed by atoms with Crippen LogP contribution in [-0.2, 0) is 9.53 Å². The van der Waals surface area contributed by atoms with Gasteiger partial charge in [-0.2, -0.15) is 0 Å². The molecule has 0 aliphatic carbocycles. The number of aromatic amines is 1. The summed E-state index contributed by atoms with van der Waals surface area (Å²) in [7, 11) is 1.29. The number of hydrogen-bond donors (Lipinski definition) is 1. The van der Waals surface area contributed by atoms with Gasteiger partial charge in [-0.1, -0.05) is 37.2 Å². The maximum Gasteiger partial charge on any atom is 0.315 e. The number of esters is 1. The van der Waals surface area contributed by atoms with Crippen LogP contribution in [0.3, 0.4) is 0 Å². The number of carbonyl (C=O) groups is 1. The fourth-order valence-electron chi connectivity index (χ4n) is 3.30. The number of methoxy groups -OCH3 is 1. The first-order valence-corrected chi connectivity index (χ1v) is 10.1. The van der Waals surface area contributed by atoms with Crippen molar-refractivity contribution in [3.8, 4) is 0 Å². The zero-order chi connectivity index (χ0) is 20.3. The molecule has 1 N–H and O–H groups in total. The number of halogens is 1. The van der Waals surface area contributed by atoms with E-state index in [9.17, 15) is 14.0 Å². The molecule has 0 saturated heterocycles. The lowest BCUT2D eigenvalue weighted by Crippen LogP contribution is -2.36. The molecule has 0 spiro atoms. The first kappa shape index (κ1) is 20.3. The summed E-state index contributed by atoms with van der Waals surface area (Å²) in [6, 6.07) is 5.76. The Kier molecular flexibility index (Phi) is 6.28. The number of ether oxygens (including phenoxy) is 1. The van der Waals surface area contributed by atoms with Crippen LogP contribution in [-0.4, -0.2) is 34.5 Å². The van der Waals surface area contributed by atoms with E-state index in [1.807, 2.05) is 0 Å². The van der Waals surface area contributed by atoms with Gasteiger partial charge in [0, 0.05) is 17.4 Å². The molecule has 2 atom stereocenters. The average molecular weight is 403 g/mol. The summed E-state index contributed by atoms with van der Waals surface area (Å²) in [5.74, 6) is -1.17. The van der Waals surface area contributed by atoms with Crippen LogP contribution in [0.1, 0.15) is 43.7 Å². The Morgan fingerprint density at radius 3 is 2.68 bits per heavy atom. The van der Waals surface area contributed by atoms with Gasteiger partial charge in [-0.25, -0.2) is 14.4 Å². The van der Waals surface area contributed by atoms with Gasteiger partial charge in [0.15, 0.2) is 11.0 Å². The van der Waals surface area contributed by atoms with E-state index in [4.69, 9.17) is 4.74 Å². The zero-order valence-electron chi connectivity index (χ0n) is 16.0. The third kappa shape index (κ3) is 4.01. The number of aliphatic imine (C=N–C) groups is 1. The molecule has 2 unspecified atom stereocenters. The van der Waals surface area contributed by atoms with Crippen molar-refractivity contribution < 1.29 is 13.9 Å². The number of nitrogens with zero attached hydrogens (tertiary/aromatic N) is 2. The Hall–Kier alpha value is -2.48. The van der Waals surface area contributed by atoms with Crippen LogP contribution < -0.4 is 5.56 Å². The van der Waals surface area contributed by atoms with Crippen molar-refractivity contribution in [2.75, 3.05) is 12.9 Å². The predicted molar refractivity (Wildman–Crippen MR) is 107 cm³/mol. The molecule has 0 fully saturated rings. The van der Waals surface area contributed by atoms with Crippen molar-refractivity contribution in [2.45, 2.75) is 37.8 Å². The molecule has 8 heteroatoms. The van der Waals surface area contributed by atoms with Gasteiger partial charge in [0.1, 0.15) is 11.7 Å². The molecule has 3 rings (SSSR count). The third-order valence-corrected chi connectivity index (χ3v) is 5.67. The SMILES string of the molecule is CCCCSc1nc2c(c(=O)[nH]1)C(c1ccc(F)cc1)C(C(=O)OC)C(C)=N2. The largest absolute Gasteiger partial charge is 0.468 e. The minimum Gasteiger partial charge on any atom is -0.468 e. The van der Waals surface area contributed by atoms with E-state index in [1.54, 1.807) is 19.1 Å². The summed E-state index contributed by atoms with van der Waals surface area (Å²) in [6.07, 6.45) is 2.06. The number of fused-ring (bicyclic) bond motifs is 1. The molecule has 1 aliphatic rings. The van der Waals surface area contributed by atoms with Crippen LogP contribution in [0.2, 0.25) is 0 Å². The van der Waals surface area contributed by atoms with Crippen molar-refractivity contribution >= 4 is 29.3 Å². The summed E-state index contributed by atoms with van der Waals surface area (Å²) >= 11 is 1.47. The molecule has 2 heterocycles. The zero-order valence-corrected chi connectivity index (χ0v) is 16.8. The molecular weight excluding hydrogens is 381 g/mol. The molecule has 6 nitrogen and oxygen atoms in total. The predicted octanol–water partition coefficient (Wildman–Crippen LogP) is 3.83. The highest BCUT2D eigenvalue weighted by Crippen LogP contribution is 2.40. The van der Waals surface area contributed by atoms with Gasteiger partial charge < -0.3 is 9.72 Å². The minimum atomic E-state index is -0.774. The highest BCUT2D eigenvalue weighted by Gasteiger charge is 2.40. The molecule has 1 aromatic heterocycles. The van der Waals surface area contributed by atoms with Crippen molar-refractivity contribution in [3.05, 3.63) is 51.6 Å². The van der Waals surface area contributed by atoms with E-state index < -0.39 is 23.6 Å². The maximum atomic E-state index is 13.4. The maximum absolute atomic E-state index is 13.4. The lowest BCUT2D eigenvalue weighted by Gasteiger charge is -2.29. The lowest BCUT2D eigenvalue weighted by molar-refractivity contribution is -0.143. The van der Waals surface area contributed by atoms with Crippen LogP contribution in [0.15, 0.2) is 39.2 Å². The molecule has 1 aliphatic heterocycles. The van der Waals surface area contributed by atoms with Gasteiger partial charge >= 0.3 is 5.97 Å². The molecule has 0 radical (unpaired) electrons. The average Bonchev–Trinajstić information content (AvgIpc) is 2.67.